The molecule has 0 amide bonds. The van der Waals surface area contributed by atoms with E-state index >= 15 is 0 Å². The molecule has 50 heavy (non-hydrogen) atoms. The largest absolute Gasteiger partial charge is 0.0622 e. The molecule has 0 aliphatic rings. The van der Waals surface area contributed by atoms with Gasteiger partial charge in [0, 0.05) is 43.0 Å². The molecule has 248 valence electrons. The number of benzene rings is 7. The van der Waals surface area contributed by atoms with Gasteiger partial charge in [0.05, 0.1) is 13.1 Å². The third kappa shape index (κ3) is 9.70. The van der Waals surface area contributed by atoms with Crippen LogP contribution in [-0.2, 0) is 24.1 Å². The molecule has 7 heteroatoms. The molecule has 0 atom stereocenters. The van der Waals surface area contributed by atoms with Crippen LogP contribution in [0.15, 0.2) is 174 Å². The van der Waals surface area contributed by atoms with E-state index in [-0.39, 0.29) is 31.0 Å². The van der Waals surface area contributed by atoms with Crippen LogP contribution >= 0.6 is 7.92 Å². The molecule has 2 N–H and O–H groups in total. The predicted octanol–water partition coefficient (Wildman–Crippen LogP) is 8.35. The van der Waals surface area contributed by atoms with Gasteiger partial charge in [-0.05, 0) is 57.5 Å². The Morgan fingerprint density at radius 1 is 0.460 bits per heavy atom. The van der Waals surface area contributed by atoms with Gasteiger partial charge in [-0.15, -0.1) is 0 Å². The Morgan fingerprint density at radius 2 is 0.780 bits per heavy atom. The fourth-order valence-electron chi connectivity index (χ4n) is 5.45. The molecule has 0 aromatic heterocycles. The Bertz CT molecular complexity index is 1980. The molecule has 0 bridgehead atoms. The summed E-state index contributed by atoms with van der Waals surface area (Å²) in [6.45, 7) is 5.48. The van der Waals surface area contributed by atoms with Crippen molar-refractivity contribution in [2.45, 2.75) is 0 Å². The van der Waals surface area contributed by atoms with Gasteiger partial charge in [-0.3, -0.25) is 9.98 Å². The van der Waals surface area contributed by atoms with Crippen molar-refractivity contribution in [2.75, 3.05) is 13.1 Å². The van der Waals surface area contributed by atoms with Gasteiger partial charge < -0.3 is 10.2 Å². The van der Waals surface area contributed by atoms with Gasteiger partial charge >= 0.3 is 11.3 Å². The molecule has 0 fully saturated rings. The van der Waals surface area contributed by atoms with Crippen LogP contribution in [0.25, 0.3) is 21.5 Å². The van der Waals surface area contributed by atoms with Crippen LogP contribution in [0.5, 0.6) is 11.5 Å². The fourth-order valence-corrected chi connectivity index (χ4v) is 7.75. The fraction of sp³-hybridized carbons (Fsp3) is 0.0465. The number of rotatable bonds is 8. The van der Waals surface area contributed by atoms with E-state index in [9.17, 15) is 10.2 Å². The Balaban J connectivity index is 0.000000223. The van der Waals surface area contributed by atoms with E-state index < -0.39 is 7.92 Å². The Morgan fingerprint density at radius 3 is 1.14 bits per heavy atom. The van der Waals surface area contributed by atoms with Gasteiger partial charge in [0.1, 0.15) is 11.5 Å². The molecular weight excluding hydrogens is 725 g/mol. The Hall–Kier alpha value is -5.21. The third-order valence-electron chi connectivity index (χ3n) is 7.74. The summed E-state index contributed by atoms with van der Waals surface area (Å²) >= 11 is 0. The van der Waals surface area contributed by atoms with Gasteiger partial charge in [0.25, 0.3) is 0 Å². The zero-order valence-corrected chi connectivity index (χ0v) is 29.8. The summed E-state index contributed by atoms with van der Waals surface area (Å²) in [6.07, 6.45) is 3.39. The van der Waals surface area contributed by atoms with E-state index in [0.29, 0.717) is 24.2 Å². The smallest absolute Gasteiger partial charge is 0 e. The van der Waals surface area contributed by atoms with Crippen LogP contribution in [0.3, 0.4) is 0 Å². The second-order valence-electron chi connectivity index (χ2n) is 10.9. The Labute approximate surface area is 307 Å². The first-order valence-electron chi connectivity index (χ1n) is 15.8. The standard InChI is InChI=1S/C24H20N2O2.C18H15P.CO.Ru/c27-23-11-9-17-5-1-3-7-19(17)21(23)15-25-13-14-26-16-22-20-8-4-2-6-18(20)10-12-24(22)28;1-4-10-16(11-5-1)19(17-12-6-2-7-13-17)18-14-8-3-9-15-18;1-2;/h1-12,15-16,27-28H,13-14H2;1-15H;;. The monoisotopic (exact) mass is 760 g/mol. The zero-order valence-electron chi connectivity index (χ0n) is 27.2. The molecule has 0 radical (unpaired) electrons. The quantitative estimate of drug-likeness (QED) is 0.0408. The summed E-state index contributed by atoms with van der Waals surface area (Å²) < 4.78 is 7.50. The van der Waals surface area contributed by atoms with Crippen molar-refractivity contribution >= 4 is 57.8 Å². The van der Waals surface area contributed by atoms with Gasteiger partial charge in [-0.1, -0.05) is 152 Å². The van der Waals surface area contributed by atoms with Gasteiger partial charge in [-0.25, -0.2) is 0 Å². The normalized spacial score (nSPS) is 10.7. The molecule has 0 unspecified atom stereocenters. The molecule has 0 heterocycles. The number of aromatic hydroxyl groups is 2. The number of hydrogen-bond acceptors (Lipinski definition) is 4. The van der Waals surface area contributed by atoms with Gasteiger partial charge in [0.2, 0.25) is 0 Å². The van der Waals surface area contributed by atoms with E-state index in [1.807, 2.05) is 60.7 Å². The topological polar surface area (TPSA) is 85.1 Å². The molecule has 7 aromatic rings. The Kier molecular flexibility index (Phi) is 14.8. The van der Waals surface area contributed by atoms with Crippen LogP contribution < -0.4 is 15.9 Å². The van der Waals surface area contributed by atoms with E-state index in [0.717, 1.165) is 21.5 Å². The van der Waals surface area contributed by atoms with Crippen molar-refractivity contribution in [3.8, 4) is 11.5 Å². The average molecular weight is 760 g/mol. The molecule has 0 saturated carbocycles. The molecule has 7 aromatic carbocycles. The van der Waals surface area contributed by atoms with E-state index in [1.54, 1.807) is 24.6 Å². The van der Waals surface area contributed by atoms with Gasteiger partial charge in [-0.2, -0.15) is 0 Å². The summed E-state index contributed by atoms with van der Waals surface area (Å²) in [4.78, 5) is 8.81. The number of hydrogen-bond donors (Lipinski definition) is 2. The van der Waals surface area contributed by atoms with Crippen LogP contribution in [0.2, 0.25) is 0 Å². The summed E-state index contributed by atoms with van der Waals surface area (Å²) in [5.41, 5.74) is 1.43. The maximum atomic E-state index is 10.1. The zero-order chi connectivity index (χ0) is 34.3. The summed E-state index contributed by atoms with van der Waals surface area (Å²) in [7, 11) is -0.446. The summed E-state index contributed by atoms with van der Waals surface area (Å²) in [6, 6.07) is 55.3. The van der Waals surface area contributed by atoms with Crippen LogP contribution in [0.1, 0.15) is 11.1 Å². The van der Waals surface area contributed by atoms with Gasteiger partial charge in [0.15, 0.2) is 0 Å². The number of phenols is 2. The molecule has 7 rings (SSSR count). The SMILES string of the molecule is Oc1ccc2ccccc2c1C=NCCN=Cc1c(O)ccc2ccccc12.[C-]#[O+].[Ru].c1ccc(P(c2ccccc2)c2ccccc2)cc1. The van der Waals surface area contributed by atoms with E-state index in [4.69, 9.17) is 4.65 Å². The number of aliphatic imine (C=N–C) groups is 2. The first kappa shape index (κ1) is 37.6. The first-order chi connectivity index (χ1) is 24.2. The molecule has 0 aliphatic carbocycles. The summed E-state index contributed by atoms with van der Waals surface area (Å²) in [5, 5.41) is 28.5. The molecule has 5 nitrogen and oxygen atoms in total. The van der Waals surface area contributed by atoms with E-state index in [2.05, 4.69) is 108 Å². The average Bonchev–Trinajstić information content (AvgIpc) is 3.17. The van der Waals surface area contributed by atoms with Crippen molar-refractivity contribution in [1.29, 1.82) is 0 Å². The van der Waals surface area contributed by atoms with Crippen molar-refractivity contribution in [3.63, 3.8) is 0 Å². The minimum atomic E-state index is -0.446. The van der Waals surface area contributed by atoms with E-state index in [1.165, 1.54) is 15.9 Å². The van der Waals surface area contributed by atoms with Crippen molar-refractivity contribution in [1.82, 2.24) is 0 Å². The molecule has 0 saturated heterocycles. The van der Waals surface area contributed by atoms with Crippen molar-refractivity contribution in [2.24, 2.45) is 9.98 Å². The maximum absolute atomic E-state index is 10.1. The molecular formula is C43H35N2O3PRu. The van der Waals surface area contributed by atoms with Crippen LogP contribution in [-0.4, -0.2) is 35.7 Å². The number of fused-ring (bicyclic) bond motifs is 2. The van der Waals surface area contributed by atoms with Crippen LogP contribution in [0, 0.1) is 6.65 Å². The molecule has 0 aliphatic heterocycles. The van der Waals surface area contributed by atoms with Crippen molar-refractivity contribution in [3.05, 3.63) is 182 Å². The molecule has 0 spiro atoms. The second kappa shape index (κ2) is 19.7. The third-order valence-corrected chi connectivity index (χ3v) is 10.2. The van der Waals surface area contributed by atoms with Crippen molar-refractivity contribution < 1.29 is 34.3 Å². The maximum Gasteiger partial charge on any atom is 0 e. The second-order valence-corrected chi connectivity index (χ2v) is 13.1. The van der Waals surface area contributed by atoms with Crippen LogP contribution in [0.4, 0.5) is 0 Å². The first-order valence-corrected chi connectivity index (χ1v) is 17.1. The predicted molar refractivity (Wildman–Crippen MR) is 205 cm³/mol. The number of nitrogens with zero attached hydrogens (tertiary/aromatic N) is 2. The number of phenolic OH excluding ortho intramolecular Hbond substituents is 2. The minimum absolute atomic E-state index is 0. The minimum Gasteiger partial charge on any atom is -0.0622 e. The summed E-state index contributed by atoms with van der Waals surface area (Å²) in [5.74, 6) is 0.429.